The first kappa shape index (κ1) is 15.5. The van der Waals surface area contributed by atoms with Crippen LogP contribution in [0.2, 0.25) is 0 Å². The molecule has 0 aliphatic carbocycles. The van der Waals surface area contributed by atoms with Crippen molar-refractivity contribution in [2.24, 2.45) is 0 Å². The summed E-state index contributed by atoms with van der Waals surface area (Å²) in [5, 5.41) is 3.63. The largest absolute Gasteiger partial charge is 0.322 e. The van der Waals surface area contributed by atoms with E-state index in [0.29, 0.717) is 11.3 Å². The molecular weight excluding hydrogens is 356 g/mol. The lowest BCUT2D eigenvalue weighted by atomic mass is 10.1. The number of para-hydroxylation sites is 1. The molecule has 0 radical (unpaired) electrons. The van der Waals surface area contributed by atoms with Gasteiger partial charge in [-0.2, -0.15) is 0 Å². The van der Waals surface area contributed by atoms with Crippen LogP contribution in [0.4, 0.5) is 5.69 Å². The number of nitrogens with one attached hydrogen (secondary N) is 1. The Hall–Kier alpha value is -2.40. The predicted molar refractivity (Wildman–Crippen MR) is 95.1 cm³/mol. The molecule has 0 saturated heterocycles. The molecule has 5 heteroatoms. The number of hydrogen-bond acceptors (Lipinski definition) is 2. The second-order valence-corrected chi connectivity index (χ2v) is 6.22. The molecule has 1 heterocycles. The topological polar surface area (TPSA) is 51.1 Å². The minimum atomic E-state index is -0.239. The molecule has 0 saturated carbocycles. The zero-order valence-corrected chi connectivity index (χ0v) is 14.3. The van der Waals surface area contributed by atoms with Crippen LogP contribution in [-0.2, 0) is 0 Å². The van der Waals surface area contributed by atoms with E-state index in [0.717, 1.165) is 20.9 Å². The van der Waals surface area contributed by atoms with Gasteiger partial charge in [-0.3, -0.25) is 14.2 Å². The number of carbonyl (C=O) groups excluding carboxylic acids is 2. The highest BCUT2D eigenvalue weighted by molar-refractivity contribution is 9.10. The molecule has 116 valence electrons. The Bertz CT molecular complexity index is 928. The number of aromatic nitrogens is 1. The van der Waals surface area contributed by atoms with Crippen molar-refractivity contribution in [3.05, 3.63) is 64.3 Å². The minimum absolute atomic E-state index is 0.127. The van der Waals surface area contributed by atoms with E-state index in [4.69, 9.17) is 0 Å². The third-order valence-electron chi connectivity index (χ3n) is 3.73. The van der Waals surface area contributed by atoms with Gasteiger partial charge in [-0.1, -0.05) is 40.2 Å². The molecule has 3 rings (SSSR count). The summed E-state index contributed by atoms with van der Waals surface area (Å²) >= 11 is 3.46. The van der Waals surface area contributed by atoms with Gasteiger partial charge in [-0.15, -0.1) is 0 Å². The van der Waals surface area contributed by atoms with Crippen molar-refractivity contribution in [2.45, 2.75) is 13.8 Å². The van der Waals surface area contributed by atoms with Gasteiger partial charge in [0.25, 0.3) is 5.91 Å². The fraction of sp³-hybridized carbons (Fsp3) is 0.111. The van der Waals surface area contributed by atoms with Crippen LogP contribution >= 0.6 is 15.9 Å². The number of amides is 1. The van der Waals surface area contributed by atoms with Gasteiger partial charge in [0, 0.05) is 28.7 Å². The number of rotatable bonds is 2. The van der Waals surface area contributed by atoms with E-state index >= 15 is 0 Å². The Kier molecular flexibility index (Phi) is 4.05. The van der Waals surface area contributed by atoms with Crippen molar-refractivity contribution in [1.29, 1.82) is 0 Å². The number of carbonyl (C=O) groups is 2. The van der Waals surface area contributed by atoms with E-state index in [1.807, 2.05) is 49.4 Å². The first-order valence-electron chi connectivity index (χ1n) is 7.16. The highest BCUT2D eigenvalue weighted by Gasteiger charge is 2.16. The molecule has 0 spiro atoms. The molecule has 0 unspecified atom stereocenters. The van der Waals surface area contributed by atoms with Crippen LogP contribution in [0.15, 0.2) is 53.1 Å². The summed E-state index contributed by atoms with van der Waals surface area (Å²) in [6.45, 7) is 3.46. The third-order valence-corrected chi connectivity index (χ3v) is 4.58. The zero-order valence-electron chi connectivity index (χ0n) is 12.8. The van der Waals surface area contributed by atoms with E-state index in [9.17, 15) is 9.59 Å². The summed E-state index contributed by atoms with van der Waals surface area (Å²) in [6, 6.07) is 13.0. The second kappa shape index (κ2) is 6.01. The third kappa shape index (κ3) is 2.92. The van der Waals surface area contributed by atoms with Gasteiger partial charge < -0.3 is 5.32 Å². The molecule has 1 N–H and O–H groups in total. The average Bonchev–Trinajstić information content (AvgIpc) is 2.91. The number of anilines is 1. The summed E-state index contributed by atoms with van der Waals surface area (Å²) in [5.41, 5.74) is 3.01. The van der Waals surface area contributed by atoms with Gasteiger partial charge in [-0.25, -0.2) is 0 Å². The van der Waals surface area contributed by atoms with Crippen LogP contribution in [0.3, 0.4) is 0 Å². The van der Waals surface area contributed by atoms with Crippen molar-refractivity contribution in [2.75, 3.05) is 5.32 Å². The fourth-order valence-corrected chi connectivity index (χ4v) is 2.87. The van der Waals surface area contributed by atoms with Crippen molar-refractivity contribution in [3.8, 4) is 0 Å². The van der Waals surface area contributed by atoms with Gasteiger partial charge >= 0.3 is 0 Å². The first-order valence-corrected chi connectivity index (χ1v) is 7.95. The fourth-order valence-electron chi connectivity index (χ4n) is 2.49. The van der Waals surface area contributed by atoms with Gasteiger partial charge in [0.15, 0.2) is 0 Å². The Morgan fingerprint density at radius 3 is 2.57 bits per heavy atom. The molecule has 0 bridgehead atoms. The van der Waals surface area contributed by atoms with Crippen LogP contribution in [0.25, 0.3) is 10.9 Å². The molecular formula is C18H15BrN2O2. The molecule has 1 amide bonds. The number of fused-ring (bicyclic) bond motifs is 1. The Labute approximate surface area is 142 Å². The van der Waals surface area contributed by atoms with Crippen molar-refractivity contribution in [1.82, 2.24) is 4.57 Å². The van der Waals surface area contributed by atoms with Crippen LogP contribution < -0.4 is 5.32 Å². The predicted octanol–water partition coefficient (Wildman–Crippen LogP) is 4.62. The number of hydrogen-bond donors (Lipinski definition) is 1. The smallest absolute Gasteiger partial charge is 0.257 e. The molecule has 2 aromatic carbocycles. The average molecular weight is 371 g/mol. The molecule has 0 atom stereocenters. The van der Waals surface area contributed by atoms with Gasteiger partial charge in [0.05, 0.1) is 11.1 Å². The number of nitrogens with zero attached hydrogens (tertiary/aromatic N) is 1. The first-order chi connectivity index (χ1) is 11.0. The van der Waals surface area contributed by atoms with Gasteiger partial charge in [0.1, 0.15) is 0 Å². The SMILES string of the molecule is CC(=O)n1cc(C(=O)Nc2ccc(C)c(Br)c2)c2ccccc21. The van der Waals surface area contributed by atoms with Crippen molar-refractivity contribution < 1.29 is 9.59 Å². The van der Waals surface area contributed by atoms with Gasteiger partial charge in [-0.05, 0) is 30.7 Å². The van der Waals surface area contributed by atoms with Crippen LogP contribution in [0.1, 0.15) is 27.6 Å². The molecule has 0 fully saturated rings. The van der Waals surface area contributed by atoms with Crippen LogP contribution in [-0.4, -0.2) is 16.4 Å². The number of benzene rings is 2. The second-order valence-electron chi connectivity index (χ2n) is 5.37. The minimum Gasteiger partial charge on any atom is -0.322 e. The normalized spacial score (nSPS) is 10.7. The molecule has 0 aliphatic heterocycles. The lowest BCUT2D eigenvalue weighted by Crippen LogP contribution is -2.12. The van der Waals surface area contributed by atoms with Crippen molar-refractivity contribution in [3.63, 3.8) is 0 Å². The summed E-state index contributed by atoms with van der Waals surface area (Å²) in [6.07, 6.45) is 1.59. The molecule has 0 aliphatic rings. The monoisotopic (exact) mass is 370 g/mol. The van der Waals surface area contributed by atoms with Gasteiger partial charge in [0.2, 0.25) is 5.91 Å². The highest BCUT2D eigenvalue weighted by atomic mass is 79.9. The highest BCUT2D eigenvalue weighted by Crippen LogP contribution is 2.24. The Morgan fingerprint density at radius 2 is 1.87 bits per heavy atom. The molecule has 4 nitrogen and oxygen atoms in total. The zero-order chi connectivity index (χ0) is 16.6. The van der Waals surface area contributed by atoms with E-state index < -0.39 is 0 Å². The quantitative estimate of drug-likeness (QED) is 0.715. The maximum absolute atomic E-state index is 12.6. The van der Waals surface area contributed by atoms with Crippen LogP contribution in [0, 0.1) is 6.92 Å². The Balaban J connectivity index is 2.01. The maximum Gasteiger partial charge on any atom is 0.257 e. The van der Waals surface area contributed by atoms with Crippen LogP contribution in [0.5, 0.6) is 0 Å². The lowest BCUT2D eigenvalue weighted by Gasteiger charge is -2.06. The molecule has 1 aromatic heterocycles. The van der Waals surface area contributed by atoms with E-state index in [1.54, 1.807) is 6.20 Å². The number of halogens is 1. The molecule has 3 aromatic rings. The van der Waals surface area contributed by atoms with Crippen molar-refractivity contribution >= 4 is 44.3 Å². The number of aryl methyl sites for hydroxylation is 1. The van der Waals surface area contributed by atoms with E-state index in [1.165, 1.54) is 11.5 Å². The lowest BCUT2D eigenvalue weighted by molar-refractivity contribution is 0.0941. The summed E-state index contributed by atoms with van der Waals surface area (Å²) in [4.78, 5) is 24.4. The maximum atomic E-state index is 12.6. The Morgan fingerprint density at radius 1 is 1.13 bits per heavy atom. The summed E-state index contributed by atoms with van der Waals surface area (Å²) < 4.78 is 2.43. The summed E-state index contributed by atoms with van der Waals surface area (Å²) in [5.74, 6) is -0.365. The van der Waals surface area contributed by atoms with E-state index in [-0.39, 0.29) is 11.8 Å². The van der Waals surface area contributed by atoms with E-state index in [2.05, 4.69) is 21.2 Å². The standard InChI is InChI=1S/C18H15BrN2O2/c1-11-7-8-13(9-16(11)19)20-18(23)15-10-21(12(2)22)17-6-4-3-5-14(15)17/h3-10H,1-2H3,(H,20,23). The molecule has 23 heavy (non-hydrogen) atoms. The summed E-state index contributed by atoms with van der Waals surface area (Å²) in [7, 11) is 0.